The summed E-state index contributed by atoms with van der Waals surface area (Å²) in [4.78, 5) is 27.7. The summed E-state index contributed by atoms with van der Waals surface area (Å²) in [5.41, 5.74) is 7.87. The SMILES string of the molecule is NC(=O)CNc1nnc(C(=O)c2nc3ccc(-c4ccccc4)cc3s2)o1. The molecule has 0 aliphatic carbocycles. The maximum Gasteiger partial charge on any atom is 0.316 e. The first-order chi connectivity index (χ1) is 13.1. The Kier molecular flexibility index (Phi) is 4.35. The number of carbonyl (C=O) groups is 2. The number of ketones is 1. The molecule has 0 unspecified atom stereocenters. The average molecular weight is 379 g/mol. The van der Waals surface area contributed by atoms with Crippen LogP contribution in [0.3, 0.4) is 0 Å². The van der Waals surface area contributed by atoms with Crippen LogP contribution < -0.4 is 11.1 Å². The van der Waals surface area contributed by atoms with Crippen LogP contribution in [0.2, 0.25) is 0 Å². The molecule has 134 valence electrons. The number of amides is 1. The number of thiazole rings is 1. The van der Waals surface area contributed by atoms with Gasteiger partial charge in [0.15, 0.2) is 5.01 Å². The second kappa shape index (κ2) is 6.96. The molecule has 4 aromatic rings. The van der Waals surface area contributed by atoms with E-state index in [9.17, 15) is 9.59 Å². The first kappa shape index (κ1) is 16.9. The third kappa shape index (κ3) is 3.53. The highest BCUT2D eigenvalue weighted by molar-refractivity contribution is 7.20. The van der Waals surface area contributed by atoms with E-state index in [0.717, 1.165) is 21.3 Å². The first-order valence-electron chi connectivity index (χ1n) is 7.96. The number of nitrogens with one attached hydrogen (secondary N) is 1. The number of hydrogen-bond donors (Lipinski definition) is 2. The number of fused-ring (bicyclic) bond motifs is 1. The van der Waals surface area contributed by atoms with Gasteiger partial charge in [0.05, 0.1) is 16.8 Å². The van der Waals surface area contributed by atoms with Crippen molar-refractivity contribution in [3.05, 3.63) is 59.4 Å². The van der Waals surface area contributed by atoms with Crippen molar-refractivity contribution < 1.29 is 14.0 Å². The summed E-state index contributed by atoms with van der Waals surface area (Å²) in [5, 5.41) is 10.1. The summed E-state index contributed by atoms with van der Waals surface area (Å²) in [5.74, 6) is -1.26. The summed E-state index contributed by atoms with van der Waals surface area (Å²) >= 11 is 1.25. The quantitative estimate of drug-likeness (QED) is 0.493. The van der Waals surface area contributed by atoms with Gasteiger partial charge in [-0.1, -0.05) is 41.5 Å². The molecule has 2 aromatic carbocycles. The molecule has 4 rings (SSSR count). The number of benzene rings is 2. The highest BCUT2D eigenvalue weighted by Crippen LogP contribution is 2.29. The zero-order valence-corrected chi connectivity index (χ0v) is 14.7. The van der Waals surface area contributed by atoms with E-state index in [0.29, 0.717) is 0 Å². The molecule has 2 heterocycles. The van der Waals surface area contributed by atoms with Crippen molar-refractivity contribution in [2.24, 2.45) is 5.73 Å². The van der Waals surface area contributed by atoms with E-state index in [-0.39, 0.29) is 23.5 Å². The van der Waals surface area contributed by atoms with Gasteiger partial charge in [0.25, 0.3) is 11.7 Å². The van der Waals surface area contributed by atoms with Gasteiger partial charge in [-0.25, -0.2) is 4.98 Å². The van der Waals surface area contributed by atoms with Crippen LogP contribution in [0.15, 0.2) is 52.9 Å². The van der Waals surface area contributed by atoms with Gasteiger partial charge < -0.3 is 15.5 Å². The smallest absolute Gasteiger partial charge is 0.316 e. The first-order valence-corrected chi connectivity index (χ1v) is 8.78. The van der Waals surface area contributed by atoms with E-state index in [2.05, 4.69) is 20.5 Å². The summed E-state index contributed by atoms with van der Waals surface area (Å²) in [6.07, 6.45) is 0. The van der Waals surface area contributed by atoms with Gasteiger partial charge in [-0.3, -0.25) is 9.59 Å². The second-order valence-corrected chi connectivity index (χ2v) is 6.66. The summed E-state index contributed by atoms with van der Waals surface area (Å²) in [7, 11) is 0. The third-order valence-corrected chi connectivity index (χ3v) is 4.74. The number of primary amides is 1. The van der Waals surface area contributed by atoms with Crippen LogP contribution in [0.5, 0.6) is 0 Å². The largest absolute Gasteiger partial charge is 0.400 e. The van der Waals surface area contributed by atoms with Gasteiger partial charge in [0, 0.05) is 0 Å². The number of nitrogens with two attached hydrogens (primary N) is 1. The van der Waals surface area contributed by atoms with Crippen molar-refractivity contribution in [3.8, 4) is 11.1 Å². The molecular weight excluding hydrogens is 366 g/mol. The lowest BCUT2D eigenvalue weighted by molar-refractivity contribution is -0.116. The molecule has 0 atom stereocenters. The molecular formula is C18H13N5O3S. The average Bonchev–Trinajstić information content (AvgIpc) is 3.33. The van der Waals surface area contributed by atoms with E-state index in [1.807, 2.05) is 48.5 Å². The summed E-state index contributed by atoms with van der Waals surface area (Å²) in [6, 6.07) is 15.7. The molecule has 0 radical (unpaired) electrons. The number of hydrogen-bond acceptors (Lipinski definition) is 8. The Bertz CT molecular complexity index is 1140. The van der Waals surface area contributed by atoms with Crippen LogP contribution in [0, 0.1) is 0 Å². The fourth-order valence-corrected chi connectivity index (χ4v) is 3.41. The highest BCUT2D eigenvalue weighted by atomic mass is 32.1. The van der Waals surface area contributed by atoms with Crippen molar-refractivity contribution in [2.75, 3.05) is 11.9 Å². The summed E-state index contributed by atoms with van der Waals surface area (Å²) < 4.78 is 6.10. The fourth-order valence-electron chi connectivity index (χ4n) is 2.47. The minimum absolute atomic E-state index is 0.0513. The highest BCUT2D eigenvalue weighted by Gasteiger charge is 2.21. The van der Waals surface area contributed by atoms with E-state index in [1.54, 1.807) is 0 Å². The van der Waals surface area contributed by atoms with Crippen molar-refractivity contribution in [1.82, 2.24) is 15.2 Å². The van der Waals surface area contributed by atoms with Gasteiger partial charge in [0.2, 0.25) is 5.91 Å². The third-order valence-electron chi connectivity index (χ3n) is 3.72. The van der Waals surface area contributed by atoms with Gasteiger partial charge >= 0.3 is 6.01 Å². The topological polar surface area (TPSA) is 124 Å². The molecule has 0 spiro atoms. The van der Waals surface area contributed by atoms with Gasteiger partial charge in [-0.05, 0) is 23.3 Å². The number of nitrogens with zero attached hydrogens (tertiary/aromatic N) is 3. The van der Waals surface area contributed by atoms with Crippen molar-refractivity contribution >= 4 is 39.3 Å². The van der Waals surface area contributed by atoms with E-state index in [1.165, 1.54) is 11.3 Å². The van der Waals surface area contributed by atoms with Crippen LogP contribution in [-0.4, -0.2) is 33.4 Å². The minimum Gasteiger partial charge on any atom is -0.400 e. The normalized spacial score (nSPS) is 10.8. The Balaban J connectivity index is 1.60. The molecule has 27 heavy (non-hydrogen) atoms. The second-order valence-electron chi connectivity index (χ2n) is 5.63. The van der Waals surface area contributed by atoms with Crippen LogP contribution >= 0.6 is 11.3 Å². The molecule has 0 saturated carbocycles. The maximum absolute atomic E-state index is 12.6. The number of aromatic nitrogens is 3. The number of carbonyl (C=O) groups excluding carboxylic acids is 2. The lowest BCUT2D eigenvalue weighted by atomic mass is 10.1. The minimum atomic E-state index is -0.582. The molecule has 1 amide bonds. The van der Waals surface area contributed by atoms with Crippen LogP contribution in [0.4, 0.5) is 6.01 Å². The molecule has 0 fully saturated rings. The standard InChI is InChI=1S/C18H13N5O3S/c19-14(24)9-20-18-23-22-16(26-18)15(25)17-21-12-7-6-11(8-13(12)27-17)10-4-2-1-3-5-10/h1-8H,9H2,(H2,19,24)(H,20,23). The maximum atomic E-state index is 12.6. The monoisotopic (exact) mass is 379 g/mol. The van der Waals surface area contributed by atoms with Gasteiger partial charge in [0.1, 0.15) is 0 Å². The lowest BCUT2D eigenvalue weighted by Crippen LogP contribution is -2.21. The Hall–Kier alpha value is -3.59. The number of anilines is 1. The van der Waals surface area contributed by atoms with Crippen LogP contribution in [0.1, 0.15) is 15.7 Å². The zero-order chi connectivity index (χ0) is 18.8. The van der Waals surface area contributed by atoms with Crippen molar-refractivity contribution in [1.29, 1.82) is 0 Å². The predicted octanol–water partition coefficient (Wildman–Crippen LogP) is 2.47. The van der Waals surface area contributed by atoms with Crippen molar-refractivity contribution in [3.63, 3.8) is 0 Å². The molecule has 3 N–H and O–H groups in total. The van der Waals surface area contributed by atoms with Gasteiger partial charge in [-0.15, -0.1) is 16.4 Å². The molecule has 8 nitrogen and oxygen atoms in total. The van der Waals surface area contributed by atoms with Crippen molar-refractivity contribution in [2.45, 2.75) is 0 Å². The molecule has 2 aromatic heterocycles. The Morgan fingerprint density at radius 1 is 1.07 bits per heavy atom. The fraction of sp³-hybridized carbons (Fsp3) is 0.0556. The molecule has 9 heteroatoms. The Morgan fingerprint density at radius 3 is 2.67 bits per heavy atom. The number of rotatable bonds is 6. The predicted molar refractivity (Wildman–Crippen MR) is 100 cm³/mol. The zero-order valence-electron chi connectivity index (χ0n) is 13.9. The van der Waals surface area contributed by atoms with Gasteiger partial charge in [-0.2, -0.15) is 0 Å². The Labute approximate surface area is 157 Å². The molecule has 0 saturated heterocycles. The van der Waals surface area contributed by atoms with Crippen LogP contribution in [-0.2, 0) is 4.79 Å². The molecule has 0 aliphatic heterocycles. The van der Waals surface area contributed by atoms with E-state index in [4.69, 9.17) is 10.2 Å². The molecule has 0 bridgehead atoms. The lowest BCUT2D eigenvalue weighted by Gasteiger charge is -2.00. The van der Waals surface area contributed by atoms with E-state index >= 15 is 0 Å². The summed E-state index contributed by atoms with van der Waals surface area (Å²) in [6.45, 7) is -0.167. The Morgan fingerprint density at radius 2 is 1.89 bits per heavy atom. The molecule has 0 aliphatic rings. The van der Waals surface area contributed by atoms with Crippen LogP contribution in [0.25, 0.3) is 21.3 Å². The van der Waals surface area contributed by atoms with E-state index < -0.39 is 11.7 Å².